The Balaban J connectivity index is 2.04. The first-order valence-electron chi connectivity index (χ1n) is 9.39. The highest BCUT2D eigenvalue weighted by molar-refractivity contribution is 6.14. The highest BCUT2D eigenvalue weighted by Gasteiger charge is 2.31. The van der Waals surface area contributed by atoms with Crippen LogP contribution in [0.1, 0.15) is 11.1 Å². The van der Waals surface area contributed by atoms with Gasteiger partial charge in [-0.15, -0.1) is 0 Å². The van der Waals surface area contributed by atoms with E-state index in [0.717, 1.165) is 33.2 Å². The Kier molecular flexibility index (Phi) is 3.56. The van der Waals surface area contributed by atoms with Gasteiger partial charge in [-0.3, -0.25) is 9.59 Å². The molecule has 0 unspecified atom stereocenters. The van der Waals surface area contributed by atoms with Gasteiger partial charge in [0, 0.05) is 27.6 Å². The van der Waals surface area contributed by atoms with E-state index in [9.17, 15) is 9.59 Å². The van der Waals surface area contributed by atoms with Gasteiger partial charge in [0.25, 0.3) is 0 Å². The molecule has 0 aliphatic heterocycles. The third-order valence-corrected chi connectivity index (χ3v) is 5.70. The van der Waals surface area contributed by atoms with Gasteiger partial charge in [0.15, 0.2) is 10.9 Å². The minimum atomic E-state index is -0.0588. The van der Waals surface area contributed by atoms with Crippen LogP contribution in [0.2, 0.25) is 0 Å². The summed E-state index contributed by atoms with van der Waals surface area (Å²) >= 11 is 0. The van der Waals surface area contributed by atoms with Gasteiger partial charge in [0.05, 0.1) is 0 Å². The molecule has 0 atom stereocenters. The largest absolute Gasteiger partial charge is 0.289 e. The quantitative estimate of drug-likeness (QED) is 0.416. The Morgan fingerprint density at radius 2 is 0.929 bits per heavy atom. The zero-order valence-electron chi connectivity index (χ0n) is 15.7. The second-order valence-electron chi connectivity index (χ2n) is 7.33. The molecule has 2 aliphatic carbocycles. The molecule has 2 aliphatic rings. The molecule has 0 aromatic heterocycles. The van der Waals surface area contributed by atoms with Crippen molar-refractivity contribution in [3.05, 3.63) is 104 Å². The van der Waals surface area contributed by atoms with E-state index in [2.05, 4.69) is 0 Å². The average molecular weight is 362 g/mol. The number of hydrogen-bond acceptors (Lipinski definition) is 2. The minimum Gasteiger partial charge on any atom is -0.289 e. The molecule has 0 saturated carbocycles. The molecule has 0 fully saturated rings. The molecule has 5 rings (SSSR count). The first-order valence-corrected chi connectivity index (χ1v) is 9.39. The third-order valence-electron chi connectivity index (χ3n) is 5.70. The van der Waals surface area contributed by atoms with Crippen molar-refractivity contribution in [1.29, 1.82) is 0 Å². The molecular weight excluding hydrogens is 344 g/mol. The van der Waals surface area contributed by atoms with Crippen LogP contribution in [0, 0.1) is 13.8 Å². The lowest BCUT2D eigenvalue weighted by Crippen LogP contribution is -2.06. The lowest BCUT2D eigenvalue weighted by atomic mass is 9.97. The van der Waals surface area contributed by atoms with Crippen LogP contribution in [-0.2, 0) is 0 Å². The number of hydrogen-bond donors (Lipinski definition) is 0. The number of rotatable bonds is 2. The van der Waals surface area contributed by atoms with Crippen molar-refractivity contribution in [2.75, 3.05) is 0 Å². The molecular formula is C26H18O2. The molecule has 2 nitrogen and oxygen atoms in total. The van der Waals surface area contributed by atoms with Crippen molar-refractivity contribution in [2.45, 2.75) is 13.8 Å². The summed E-state index contributed by atoms with van der Waals surface area (Å²) < 4.78 is 0. The van der Waals surface area contributed by atoms with Crippen LogP contribution >= 0.6 is 0 Å². The second kappa shape index (κ2) is 6.00. The van der Waals surface area contributed by atoms with Crippen LogP contribution in [0.3, 0.4) is 0 Å². The summed E-state index contributed by atoms with van der Waals surface area (Å²) in [4.78, 5) is 27.0. The molecule has 0 saturated heterocycles. The molecule has 0 spiro atoms. The molecule has 28 heavy (non-hydrogen) atoms. The Labute approximate surface area is 162 Å². The van der Waals surface area contributed by atoms with E-state index in [-0.39, 0.29) is 10.9 Å². The fraction of sp³-hybridized carbons (Fsp3) is 0.0769. The molecule has 0 amide bonds. The Morgan fingerprint density at radius 1 is 0.464 bits per heavy atom. The first-order chi connectivity index (χ1) is 13.6. The number of aryl methyl sites for hydroxylation is 2. The van der Waals surface area contributed by atoms with E-state index < -0.39 is 0 Å². The highest BCUT2D eigenvalue weighted by Crippen LogP contribution is 2.44. The maximum Gasteiger partial charge on any atom is 0.195 e. The Bertz CT molecular complexity index is 1410. The molecule has 134 valence electrons. The summed E-state index contributed by atoms with van der Waals surface area (Å²) in [6.45, 7) is 3.98. The van der Waals surface area contributed by atoms with Crippen molar-refractivity contribution in [3.63, 3.8) is 0 Å². The summed E-state index contributed by atoms with van der Waals surface area (Å²) in [5.74, 6) is 0. The summed E-state index contributed by atoms with van der Waals surface area (Å²) in [6.07, 6.45) is 0. The van der Waals surface area contributed by atoms with Crippen molar-refractivity contribution in [3.8, 4) is 33.4 Å². The van der Waals surface area contributed by atoms with E-state index >= 15 is 0 Å². The zero-order valence-corrected chi connectivity index (χ0v) is 15.7. The smallest absolute Gasteiger partial charge is 0.195 e. The van der Waals surface area contributed by atoms with E-state index in [4.69, 9.17) is 0 Å². The lowest BCUT2D eigenvalue weighted by molar-refractivity contribution is 1.44. The van der Waals surface area contributed by atoms with E-state index in [1.165, 1.54) is 0 Å². The fourth-order valence-electron chi connectivity index (χ4n) is 4.35. The SMILES string of the molecule is Cc1ccccc1-c1c2c(=O)c3ccccc3c-2c(-c2ccccc2C)c1=O. The number of fused-ring (bicyclic) bond motifs is 3. The summed E-state index contributed by atoms with van der Waals surface area (Å²) in [7, 11) is 0. The molecule has 0 bridgehead atoms. The van der Waals surface area contributed by atoms with Crippen molar-refractivity contribution >= 4 is 10.8 Å². The van der Waals surface area contributed by atoms with Crippen LogP contribution in [-0.4, -0.2) is 0 Å². The van der Waals surface area contributed by atoms with Gasteiger partial charge in [-0.05, 0) is 41.5 Å². The second-order valence-corrected chi connectivity index (χ2v) is 7.33. The molecule has 3 aromatic rings. The third kappa shape index (κ3) is 2.15. The van der Waals surface area contributed by atoms with Crippen molar-refractivity contribution in [2.24, 2.45) is 0 Å². The summed E-state index contributed by atoms with van der Waals surface area (Å²) in [5, 5.41) is 1.54. The topological polar surface area (TPSA) is 34.1 Å². The summed E-state index contributed by atoms with van der Waals surface area (Å²) in [6, 6.07) is 23.3. The van der Waals surface area contributed by atoms with Gasteiger partial charge in [-0.1, -0.05) is 72.8 Å². The Hall–Kier alpha value is -3.52. The predicted octanol–water partition coefficient (Wildman–Crippen LogP) is 5.49. The van der Waals surface area contributed by atoms with E-state index in [1.807, 2.05) is 86.6 Å². The highest BCUT2D eigenvalue weighted by atomic mass is 16.1. The maximum atomic E-state index is 13.7. The van der Waals surface area contributed by atoms with Gasteiger partial charge in [-0.25, -0.2) is 0 Å². The fourth-order valence-corrected chi connectivity index (χ4v) is 4.35. The monoisotopic (exact) mass is 362 g/mol. The molecule has 0 radical (unpaired) electrons. The molecule has 0 heterocycles. The molecule has 0 N–H and O–H groups in total. The van der Waals surface area contributed by atoms with Gasteiger partial charge in [0.2, 0.25) is 0 Å². The zero-order chi connectivity index (χ0) is 19.4. The molecule has 2 heteroatoms. The van der Waals surface area contributed by atoms with Crippen LogP contribution in [0.5, 0.6) is 0 Å². The Morgan fingerprint density at radius 3 is 1.50 bits per heavy atom. The molecule has 3 aromatic carbocycles. The average Bonchev–Trinajstić information content (AvgIpc) is 3.15. The number of benzene rings is 3. The first kappa shape index (κ1) is 16.6. The summed E-state index contributed by atoms with van der Waals surface area (Å²) in [5.41, 5.74) is 6.16. The maximum absolute atomic E-state index is 13.7. The van der Waals surface area contributed by atoms with Gasteiger partial charge >= 0.3 is 0 Å². The van der Waals surface area contributed by atoms with Crippen LogP contribution in [0.4, 0.5) is 0 Å². The van der Waals surface area contributed by atoms with Gasteiger partial charge in [-0.2, -0.15) is 0 Å². The minimum absolute atomic E-state index is 0.0548. The predicted molar refractivity (Wildman–Crippen MR) is 116 cm³/mol. The van der Waals surface area contributed by atoms with Gasteiger partial charge < -0.3 is 0 Å². The van der Waals surface area contributed by atoms with Gasteiger partial charge in [0.1, 0.15) is 0 Å². The van der Waals surface area contributed by atoms with Crippen molar-refractivity contribution < 1.29 is 0 Å². The van der Waals surface area contributed by atoms with Crippen LogP contribution in [0.25, 0.3) is 44.2 Å². The lowest BCUT2D eigenvalue weighted by Gasteiger charge is -2.05. The van der Waals surface area contributed by atoms with Crippen molar-refractivity contribution in [1.82, 2.24) is 0 Å². The standard InChI is InChI=1S/C26H18O2/c1-15-9-3-5-11-17(15)22-21-19-13-7-8-14-20(19)25(27)24(21)23(26(22)28)18-12-6-4-10-16(18)2/h3-14H,1-2H3. The van der Waals surface area contributed by atoms with Crippen LogP contribution in [0.15, 0.2) is 82.4 Å². The van der Waals surface area contributed by atoms with E-state index in [0.29, 0.717) is 22.1 Å². The normalized spacial score (nSPS) is 11.5. The van der Waals surface area contributed by atoms with E-state index in [1.54, 1.807) is 0 Å². The van der Waals surface area contributed by atoms with Crippen LogP contribution < -0.4 is 10.9 Å².